The van der Waals surface area contributed by atoms with Gasteiger partial charge < -0.3 is 5.32 Å². The Morgan fingerprint density at radius 3 is 2.54 bits per heavy atom. The fourth-order valence-electron chi connectivity index (χ4n) is 1.73. The minimum absolute atomic E-state index is 0.604. The van der Waals surface area contributed by atoms with Gasteiger partial charge in [0.1, 0.15) is 0 Å². The summed E-state index contributed by atoms with van der Waals surface area (Å²) in [6, 6.07) is 5.10. The molecule has 1 nitrogen and oxygen atoms in total. The standard InChI is InChI=1S/C11H14BrN/c1-7-6-10(12)8(2)5-9(7)11-3-4-13-11/h5-6,11,13H,3-4H2,1-2H3/t11-/m1/s1. The second-order valence-electron chi connectivity index (χ2n) is 3.75. The molecule has 0 spiro atoms. The normalized spacial score (nSPS) is 21.3. The van der Waals surface area contributed by atoms with Gasteiger partial charge in [-0.15, -0.1) is 0 Å². The average molecular weight is 240 g/mol. The fourth-order valence-corrected chi connectivity index (χ4v) is 2.19. The van der Waals surface area contributed by atoms with Gasteiger partial charge >= 0.3 is 0 Å². The van der Waals surface area contributed by atoms with Gasteiger partial charge in [-0.05, 0) is 49.6 Å². The number of nitrogens with one attached hydrogen (secondary N) is 1. The van der Waals surface area contributed by atoms with Crippen LogP contribution in [0.25, 0.3) is 0 Å². The SMILES string of the molecule is Cc1cc([C@H]2CCN2)c(C)cc1Br. The monoisotopic (exact) mass is 239 g/mol. The molecule has 2 heteroatoms. The van der Waals surface area contributed by atoms with Crippen LogP contribution in [0.1, 0.15) is 29.2 Å². The Morgan fingerprint density at radius 1 is 1.31 bits per heavy atom. The summed E-state index contributed by atoms with van der Waals surface area (Å²) in [5.41, 5.74) is 4.18. The zero-order valence-corrected chi connectivity index (χ0v) is 9.61. The lowest BCUT2D eigenvalue weighted by Gasteiger charge is -2.29. The van der Waals surface area contributed by atoms with Crippen molar-refractivity contribution in [3.63, 3.8) is 0 Å². The second kappa shape index (κ2) is 3.43. The third-order valence-corrected chi connectivity index (χ3v) is 3.60. The molecule has 0 unspecified atom stereocenters. The molecular weight excluding hydrogens is 226 g/mol. The van der Waals surface area contributed by atoms with Crippen LogP contribution in [0.3, 0.4) is 0 Å². The van der Waals surface area contributed by atoms with Crippen LogP contribution in [0, 0.1) is 13.8 Å². The summed E-state index contributed by atoms with van der Waals surface area (Å²) in [4.78, 5) is 0. The van der Waals surface area contributed by atoms with Crippen molar-refractivity contribution < 1.29 is 0 Å². The Hall–Kier alpha value is -0.340. The summed E-state index contributed by atoms with van der Waals surface area (Å²) in [5.74, 6) is 0. The van der Waals surface area contributed by atoms with Crippen molar-refractivity contribution in [3.05, 3.63) is 33.3 Å². The molecule has 1 aromatic rings. The highest BCUT2D eigenvalue weighted by Gasteiger charge is 2.20. The first-order chi connectivity index (χ1) is 6.18. The van der Waals surface area contributed by atoms with Gasteiger partial charge in [-0.2, -0.15) is 0 Å². The van der Waals surface area contributed by atoms with Crippen LogP contribution in [-0.4, -0.2) is 6.54 Å². The molecule has 1 aliphatic rings. The first-order valence-corrected chi connectivity index (χ1v) is 5.48. The van der Waals surface area contributed by atoms with Crippen LogP contribution >= 0.6 is 15.9 Å². The lowest BCUT2D eigenvalue weighted by atomic mass is 9.93. The van der Waals surface area contributed by atoms with E-state index in [2.05, 4.69) is 47.2 Å². The lowest BCUT2D eigenvalue weighted by molar-refractivity contribution is 0.381. The Kier molecular flexibility index (Phi) is 2.43. The van der Waals surface area contributed by atoms with E-state index in [9.17, 15) is 0 Å². The number of hydrogen-bond acceptors (Lipinski definition) is 1. The average Bonchev–Trinajstić information content (AvgIpc) is 1.96. The number of rotatable bonds is 1. The smallest absolute Gasteiger partial charge is 0.0335 e. The molecule has 1 N–H and O–H groups in total. The van der Waals surface area contributed by atoms with Crippen LogP contribution in [0.15, 0.2) is 16.6 Å². The van der Waals surface area contributed by atoms with Crippen molar-refractivity contribution in [2.24, 2.45) is 0 Å². The van der Waals surface area contributed by atoms with E-state index in [0.29, 0.717) is 6.04 Å². The quantitative estimate of drug-likeness (QED) is 0.795. The molecule has 0 aromatic heterocycles. The molecule has 1 aromatic carbocycles. The minimum Gasteiger partial charge on any atom is -0.310 e. The Bertz CT molecular complexity index is 329. The fraction of sp³-hybridized carbons (Fsp3) is 0.455. The molecular formula is C11H14BrN. The van der Waals surface area contributed by atoms with E-state index in [1.165, 1.54) is 34.1 Å². The highest BCUT2D eigenvalue weighted by molar-refractivity contribution is 9.10. The Balaban J connectivity index is 2.39. The van der Waals surface area contributed by atoms with Crippen molar-refractivity contribution in [2.45, 2.75) is 26.3 Å². The van der Waals surface area contributed by atoms with Crippen LogP contribution in [0.2, 0.25) is 0 Å². The molecule has 0 bridgehead atoms. The highest BCUT2D eigenvalue weighted by atomic mass is 79.9. The largest absolute Gasteiger partial charge is 0.310 e. The van der Waals surface area contributed by atoms with E-state index in [0.717, 1.165) is 0 Å². The number of benzene rings is 1. The summed E-state index contributed by atoms with van der Waals surface area (Å²) < 4.78 is 1.22. The van der Waals surface area contributed by atoms with Crippen LogP contribution in [0.4, 0.5) is 0 Å². The topological polar surface area (TPSA) is 12.0 Å². The van der Waals surface area contributed by atoms with E-state index in [4.69, 9.17) is 0 Å². The van der Waals surface area contributed by atoms with E-state index in [-0.39, 0.29) is 0 Å². The summed E-state index contributed by atoms with van der Waals surface area (Å²) >= 11 is 3.55. The zero-order chi connectivity index (χ0) is 9.42. The molecule has 0 amide bonds. The van der Waals surface area contributed by atoms with Gasteiger partial charge in [-0.1, -0.05) is 22.0 Å². The summed E-state index contributed by atoms with van der Waals surface area (Å²) in [5, 5.41) is 3.43. The van der Waals surface area contributed by atoms with Crippen LogP contribution in [-0.2, 0) is 0 Å². The maximum atomic E-state index is 3.55. The minimum atomic E-state index is 0.604. The van der Waals surface area contributed by atoms with Crippen LogP contribution in [0.5, 0.6) is 0 Å². The first kappa shape index (κ1) is 9.22. The summed E-state index contributed by atoms with van der Waals surface area (Å²) in [6.07, 6.45) is 1.28. The van der Waals surface area contributed by atoms with E-state index >= 15 is 0 Å². The van der Waals surface area contributed by atoms with Gasteiger partial charge in [0.15, 0.2) is 0 Å². The summed E-state index contributed by atoms with van der Waals surface area (Å²) in [7, 11) is 0. The Morgan fingerprint density at radius 2 is 2.00 bits per heavy atom. The third kappa shape index (κ3) is 1.65. The molecule has 1 aliphatic heterocycles. The molecule has 0 saturated carbocycles. The molecule has 70 valence electrons. The number of hydrogen-bond donors (Lipinski definition) is 1. The maximum absolute atomic E-state index is 3.55. The van der Waals surface area contributed by atoms with Crippen molar-refractivity contribution >= 4 is 15.9 Å². The van der Waals surface area contributed by atoms with Gasteiger partial charge in [0.2, 0.25) is 0 Å². The van der Waals surface area contributed by atoms with Crippen molar-refractivity contribution in [1.82, 2.24) is 5.32 Å². The third-order valence-electron chi connectivity index (χ3n) is 2.75. The van der Waals surface area contributed by atoms with Crippen molar-refractivity contribution in [3.8, 4) is 0 Å². The second-order valence-corrected chi connectivity index (χ2v) is 4.61. The van der Waals surface area contributed by atoms with Gasteiger partial charge in [-0.3, -0.25) is 0 Å². The predicted octanol–water partition coefficient (Wildman–Crippen LogP) is 3.10. The van der Waals surface area contributed by atoms with Crippen LogP contribution < -0.4 is 5.32 Å². The molecule has 1 heterocycles. The van der Waals surface area contributed by atoms with Gasteiger partial charge in [0, 0.05) is 10.5 Å². The molecule has 0 radical (unpaired) electrons. The predicted molar refractivity (Wildman–Crippen MR) is 59.0 cm³/mol. The van der Waals surface area contributed by atoms with Gasteiger partial charge in [0.05, 0.1) is 0 Å². The van der Waals surface area contributed by atoms with Gasteiger partial charge in [0.25, 0.3) is 0 Å². The van der Waals surface area contributed by atoms with Gasteiger partial charge in [-0.25, -0.2) is 0 Å². The molecule has 1 fully saturated rings. The van der Waals surface area contributed by atoms with Crippen molar-refractivity contribution in [2.75, 3.05) is 6.54 Å². The van der Waals surface area contributed by atoms with E-state index in [1.54, 1.807) is 0 Å². The molecule has 13 heavy (non-hydrogen) atoms. The maximum Gasteiger partial charge on any atom is 0.0335 e. The zero-order valence-electron chi connectivity index (χ0n) is 8.02. The van der Waals surface area contributed by atoms with E-state index < -0.39 is 0 Å². The first-order valence-electron chi connectivity index (χ1n) is 4.68. The number of halogens is 1. The lowest BCUT2D eigenvalue weighted by Crippen LogP contribution is -2.35. The highest BCUT2D eigenvalue weighted by Crippen LogP contribution is 2.29. The molecule has 1 saturated heterocycles. The summed E-state index contributed by atoms with van der Waals surface area (Å²) in [6.45, 7) is 5.49. The molecule has 1 atom stereocenters. The Labute approximate surface area is 87.7 Å². The van der Waals surface area contributed by atoms with Crippen molar-refractivity contribution in [1.29, 1.82) is 0 Å². The number of aryl methyl sites for hydroxylation is 2. The van der Waals surface area contributed by atoms with E-state index in [1.807, 2.05) is 0 Å². The molecule has 0 aliphatic carbocycles. The molecule has 2 rings (SSSR count).